The van der Waals surface area contributed by atoms with E-state index in [0.29, 0.717) is 11.4 Å². The van der Waals surface area contributed by atoms with Gasteiger partial charge in [-0.15, -0.1) is 11.8 Å². The first kappa shape index (κ1) is 15.7. The molecule has 0 atom stereocenters. The number of rotatable bonds is 4. The topological polar surface area (TPSA) is 17.8 Å². The number of halogens is 3. The third-order valence-corrected chi connectivity index (χ3v) is 4.15. The van der Waals surface area contributed by atoms with Crippen molar-refractivity contribution in [3.63, 3.8) is 0 Å². The molecule has 2 nitrogen and oxygen atoms in total. The van der Waals surface area contributed by atoms with E-state index in [1.165, 1.54) is 35.0 Å². The predicted octanol–water partition coefficient (Wildman–Crippen LogP) is 5.34. The van der Waals surface area contributed by atoms with Gasteiger partial charge >= 0.3 is 0 Å². The summed E-state index contributed by atoms with van der Waals surface area (Å²) in [6, 6.07) is 14.5. The molecule has 0 saturated heterocycles. The summed E-state index contributed by atoms with van der Waals surface area (Å²) in [6.45, 7) is 0. The second kappa shape index (κ2) is 6.50. The van der Waals surface area contributed by atoms with Crippen molar-refractivity contribution in [1.29, 1.82) is 0 Å². The van der Waals surface area contributed by atoms with E-state index >= 15 is 0 Å². The van der Waals surface area contributed by atoms with Gasteiger partial charge in [0, 0.05) is 10.5 Å². The minimum absolute atomic E-state index is 0.307. The molecule has 0 N–H and O–H groups in total. The third-order valence-electron chi connectivity index (χ3n) is 3.41. The van der Waals surface area contributed by atoms with Gasteiger partial charge in [0.05, 0.1) is 11.4 Å². The van der Waals surface area contributed by atoms with E-state index in [1.54, 1.807) is 11.8 Å². The van der Waals surface area contributed by atoms with E-state index in [1.807, 2.05) is 30.5 Å². The molecule has 1 aromatic heterocycles. The van der Waals surface area contributed by atoms with Crippen molar-refractivity contribution in [2.45, 2.75) is 11.3 Å². The number of benzene rings is 2. The smallest absolute Gasteiger partial charge is 0.233 e. The number of hydrogen-bond donors (Lipinski definition) is 0. The average molecular weight is 334 g/mol. The Labute approximate surface area is 136 Å². The Morgan fingerprint density at radius 1 is 1.00 bits per heavy atom. The van der Waals surface area contributed by atoms with Crippen molar-refractivity contribution < 1.29 is 13.2 Å². The van der Waals surface area contributed by atoms with E-state index in [9.17, 15) is 13.2 Å². The van der Waals surface area contributed by atoms with Gasteiger partial charge in [0.25, 0.3) is 6.43 Å². The molecule has 0 aliphatic heterocycles. The highest BCUT2D eigenvalue weighted by atomic mass is 32.2. The number of hydrogen-bond acceptors (Lipinski definition) is 2. The highest BCUT2D eigenvalue weighted by Gasteiger charge is 2.17. The van der Waals surface area contributed by atoms with Gasteiger partial charge in [-0.3, -0.25) is 0 Å². The number of nitrogens with zero attached hydrogens (tertiary/aromatic N) is 2. The van der Waals surface area contributed by atoms with E-state index in [0.717, 1.165) is 10.5 Å². The summed E-state index contributed by atoms with van der Waals surface area (Å²) in [5.74, 6) is -0.388. The monoisotopic (exact) mass is 334 g/mol. The van der Waals surface area contributed by atoms with Crippen molar-refractivity contribution in [3.8, 4) is 16.9 Å². The molecule has 0 fully saturated rings. The molecule has 0 amide bonds. The molecule has 3 rings (SSSR count). The Morgan fingerprint density at radius 2 is 1.65 bits per heavy atom. The van der Waals surface area contributed by atoms with Crippen molar-refractivity contribution in [2.24, 2.45) is 0 Å². The number of alkyl halides is 2. The van der Waals surface area contributed by atoms with Crippen molar-refractivity contribution in [1.82, 2.24) is 9.78 Å². The lowest BCUT2D eigenvalue weighted by molar-refractivity contribution is 0.145. The Hall–Kier alpha value is -2.21. The maximum absolute atomic E-state index is 13.1. The number of aromatic nitrogens is 2. The van der Waals surface area contributed by atoms with Crippen LogP contribution in [0.4, 0.5) is 13.2 Å². The molecule has 0 spiro atoms. The van der Waals surface area contributed by atoms with E-state index in [-0.39, 0.29) is 11.5 Å². The second-order valence-corrected chi connectivity index (χ2v) is 5.75. The summed E-state index contributed by atoms with van der Waals surface area (Å²) >= 11 is 1.60. The van der Waals surface area contributed by atoms with Crippen LogP contribution in [0.3, 0.4) is 0 Å². The van der Waals surface area contributed by atoms with E-state index < -0.39 is 6.43 Å². The molecule has 118 valence electrons. The van der Waals surface area contributed by atoms with Gasteiger partial charge < -0.3 is 0 Å². The fourth-order valence-corrected chi connectivity index (χ4v) is 2.66. The summed E-state index contributed by atoms with van der Waals surface area (Å²) < 4.78 is 40.6. The summed E-state index contributed by atoms with van der Waals surface area (Å²) in [7, 11) is 0. The van der Waals surface area contributed by atoms with Gasteiger partial charge in [-0.2, -0.15) is 5.10 Å². The van der Waals surface area contributed by atoms with Crippen LogP contribution in [-0.4, -0.2) is 16.0 Å². The Morgan fingerprint density at radius 3 is 2.22 bits per heavy atom. The Bertz CT molecular complexity index is 796. The van der Waals surface area contributed by atoms with Crippen molar-refractivity contribution >= 4 is 11.8 Å². The van der Waals surface area contributed by atoms with Crippen molar-refractivity contribution in [3.05, 3.63) is 66.1 Å². The van der Waals surface area contributed by atoms with Crippen LogP contribution in [0.25, 0.3) is 16.9 Å². The van der Waals surface area contributed by atoms with Crippen LogP contribution in [0.5, 0.6) is 0 Å². The molecule has 23 heavy (non-hydrogen) atoms. The number of thioether (sulfide) groups is 1. The maximum Gasteiger partial charge on any atom is 0.282 e. The molecule has 1 heterocycles. The molecule has 0 bridgehead atoms. The summed E-state index contributed by atoms with van der Waals surface area (Å²) in [5.41, 5.74) is 1.53. The highest BCUT2D eigenvalue weighted by Crippen LogP contribution is 2.29. The molecule has 0 saturated carbocycles. The Balaban J connectivity index is 2.12. The summed E-state index contributed by atoms with van der Waals surface area (Å²) in [6.07, 6.45) is -0.701. The quantitative estimate of drug-likeness (QED) is 0.600. The Kier molecular flexibility index (Phi) is 4.43. The first-order chi connectivity index (χ1) is 11.1. The maximum atomic E-state index is 13.1. The molecule has 2 aromatic carbocycles. The fraction of sp³-hybridized carbons (Fsp3) is 0.118. The lowest BCUT2D eigenvalue weighted by Crippen LogP contribution is -2.00. The van der Waals surface area contributed by atoms with Crippen LogP contribution in [0, 0.1) is 5.82 Å². The third kappa shape index (κ3) is 3.27. The van der Waals surface area contributed by atoms with Gasteiger partial charge in [0.15, 0.2) is 0 Å². The molecule has 0 unspecified atom stereocenters. The molecular weight excluding hydrogens is 321 g/mol. The zero-order valence-corrected chi connectivity index (χ0v) is 13.0. The fourth-order valence-electron chi connectivity index (χ4n) is 2.25. The SMILES string of the molecule is CSc1ccc(-c2cc(C(F)F)nn2-c2ccc(F)cc2)cc1. The normalized spacial score (nSPS) is 11.2. The van der Waals surface area contributed by atoms with Crippen LogP contribution in [0.2, 0.25) is 0 Å². The summed E-state index contributed by atoms with van der Waals surface area (Å²) in [4.78, 5) is 1.08. The molecule has 0 radical (unpaired) electrons. The van der Waals surface area contributed by atoms with Crippen LogP contribution in [-0.2, 0) is 0 Å². The summed E-state index contributed by atoms with van der Waals surface area (Å²) in [5, 5.41) is 3.97. The highest BCUT2D eigenvalue weighted by molar-refractivity contribution is 7.98. The van der Waals surface area contributed by atoms with E-state index in [4.69, 9.17) is 0 Å². The van der Waals surface area contributed by atoms with Gasteiger partial charge in [-0.05, 0) is 48.7 Å². The molecule has 6 heteroatoms. The second-order valence-electron chi connectivity index (χ2n) is 4.87. The minimum atomic E-state index is -2.67. The van der Waals surface area contributed by atoms with Gasteiger partial charge in [0.2, 0.25) is 0 Å². The largest absolute Gasteiger partial charge is 0.282 e. The van der Waals surface area contributed by atoms with Crippen LogP contribution < -0.4 is 0 Å². The standard InChI is InChI=1S/C17H13F3N2S/c1-23-14-8-2-11(3-9-14)16-10-15(17(19)20)21-22(16)13-6-4-12(18)5-7-13/h2-10,17H,1H3. The lowest BCUT2D eigenvalue weighted by Gasteiger charge is -2.08. The van der Waals surface area contributed by atoms with Crippen LogP contribution in [0.1, 0.15) is 12.1 Å². The molecule has 0 aliphatic carbocycles. The average Bonchev–Trinajstić information content (AvgIpc) is 3.01. The minimum Gasteiger partial charge on any atom is -0.233 e. The first-order valence-electron chi connectivity index (χ1n) is 6.87. The molecule has 0 aliphatic rings. The van der Waals surface area contributed by atoms with Gasteiger partial charge in [0.1, 0.15) is 11.5 Å². The van der Waals surface area contributed by atoms with Gasteiger partial charge in [-0.1, -0.05) is 12.1 Å². The molecule has 3 aromatic rings. The van der Waals surface area contributed by atoms with Crippen molar-refractivity contribution in [2.75, 3.05) is 6.26 Å². The zero-order valence-electron chi connectivity index (χ0n) is 12.2. The van der Waals surface area contributed by atoms with Crippen LogP contribution in [0.15, 0.2) is 59.5 Å². The molecular formula is C17H13F3N2S. The van der Waals surface area contributed by atoms with Gasteiger partial charge in [-0.25, -0.2) is 17.9 Å². The van der Waals surface area contributed by atoms with Crippen LogP contribution >= 0.6 is 11.8 Å². The zero-order chi connectivity index (χ0) is 16.4. The lowest BCUT2D eigenvalue weighted by atomic mass is 10.1. The van der Waals surface area contributed by atoms with E-state index in [2.05, 4.69) is 5.10 Å². The first-order valence-corrected chi connectivity index (χ1v) is 8.09. The predicted molar refractivity (Wildman–Crippen MR) is 85.7 cm³/mol.